The van der Waals surface area contributed by atoms with Gasteiger partial charge in [0.05, 0.1) is 32.0 Å². The molecular weight excluding hydrogens is 492 g/mol. The number of rotatable bonds is 11. The second-order valence-electron chi connectivity index (χ2n) is 10.8. The Morgan fingerprint density at radius 1 is 0.667 bits per heavy atom. The first-order valence-electron chi connectivity index (χ1n) is 14.1. The van der Waals surface area contributed by atoms with Crippen LogP contribution in [0.15, 0.2) is 91.0 Å². The Hall–Kier alpha value is -2.58. The molecule has 208 valence electrons. The maximum absolute atomic E-state index is 11.7. The highest BCUT2D eigenvalue weighted by Gasteiger charge is 2.54. The highest BCUT2D eigenvalue weighted by atomic mass is 16.6. The van der Waals surface area contributed by atoms with Gasteiger partial charge < -0.3 is 29.2 Å². The summed E-state index contributed by atoms with van der Waals surface area (Å²) in [7, 11) is 0. The first-order valence-corrected chi connectivity index (χ1v) is 14.1. The lowest BCUT2D eigenvalue weighted by molar-refractivity contribution is -0.295. The zero-order valence-electron chi connectivity index (χ0n) is 22.4. The van der Waals surface area contributed by atoms with E-state index >= 15 is 0 Å². The molecule has 2 fully saturated rings. The van der Waals surface area contributed by atoms with Crippen LogP contribution in [0.4, 0.5) is 0 Å². The normalized spacial score (nSPS) is 26.8. The molecule has 5 rings (SSSR count). The lowest BCUT2D eigenvalue weighted by Crippen LogP contribution is -2.66. The van der Waals surface area contributed by atoms with E-state index in [1.54, 1.807) is 0 Å². The number of hydrogen-bond acceptors (Lipinski definition) is 6. The van der Waals surface area contributed by atoms with Gasteiger partial charge in [0, 0.05) is 0 Å². The number of aliphatic hydroxyl groups excluding tert-OH is 1. The summed E-state index contributed by atoms with van der Waals surface area (Å²) in [4.78, 5) is 0. The minimum absolute atomic E-state index is 0.249. The van der Waals surface area contributed by atoms with Gasteiger partial charge in [0.1, 0.15) is 30.5 Å². The summed E-state index contributed by atoms with van der Waals surface area (Å²) in [5, 5.41) is 23.3. The second-order valence-corrected chi connectivity index (χ2v) is 10.8. The van der Waals surface area contributed by atoms with Crippen LogP contribution in [-0.4, -0.2) is 52.9 Å². The van der Waals surface area contributed by atoms with Crippen LogP contribution in [0.2, 0.25) is 0 Å². The van der Waals surface area contributed by atoms with E-state index in [1.807, 2.05) is 91.0 Å². The summed E-state index contributed by atoms with van der Waals surface area (Å²) in [5.74, 6) is 0. The summed E-state index contributed by atoms with van der Waals surface area (Å²) in [6.07, 6.45) is 0.392. The molecule has 0 amide bonds. The Kier molecular flexibility index (Phi) is 9.80. The molecule has 0 unspecified atom stereocenters. The van der Waals surface area contributed by atoms with Crippen LogP contribution >= 0.6 is 0 Å². The van der Waals surface area contributed by atoms with Crippen molar-refractivity contribution in [3.63, 3.8) is 0 Å². The number of aliphatic hydroxyl groups is 2. The average molecular weight is 533 g/mol. The Balaban J connectivity index is 1.39. The van der Waals surface area contributed by atoms with Gasteiger partial charge in [-0.05, 0) is 29.5 Å². The Morgan fingerprint density at radius 3 is 1.69 bits per heavy atom. The van der Waals surface area contributed by atoms with Crippen LogP contribution in [0, 0.1) is 0 Å². The first-order chi connectivity index (χ1) is 19.1. The predicted octanol–water partition coefficient (Wildman–Crippen LogP) is 5.20. The maximum Gasteiger partial charge on any atom is 0.115 e. The maximum atomic E-state index is 11.7. The van der Waals surface area contributed by atoms with Crippen molar-refractivity contribution in [3.05, 3.63) is 108 Å². The van der Waals surface area contributed by atoms with Gasteiger partial charge in [-0.15, -0.1) is 0 Å². The molecule has 0 radical (unpaired) electrons. The molecule has 2 aliphatic rings. The van der Waals surface area contributed by atoms with Crippen molar-refractivity contribution in [2.45, 2.75) is 88.0 Å². The predicted molar refractivity (Wildman–Crippen MR) is 149 cm³/mol. The molecule has 0 aromatic heterocycles. The summed E-state index contributed by atoms with van der Waals surface area (Å²) >= 11 is 0. The number of hydrogen-bond donors (Lipinski definition) is 2. The van der Waals surface area contributed by atoms with E-state index in [0.717, 1.165) is 36.0 Å². The topological polar surface area (TPSA) is 77.4 Å². The number of ether oxygens (including phenoxy) is 4. The molecule has 1 heterocycles. The molecule has 1 saturated heterocycles. The summed E-state index contributed by atoms with van der Waals surface area (Å²) < 4.78 is 25.5. The van der Waals surface area contributed by atoms with Gasteiger partial charge in [0.2, 0.25) is 0 Å². The third-order valence-electron chi connectivity index (χ3n) is 7.87. The Morgan fingerprint density at radius 2 is 1.15 bits per heavy atom. The van der Waals surface area contributed by atoms with Crippen LogP contribution in [0.1, 0.15) is 48.8 Å². The standard InChI is InChI=1S/C33H40O6/c34-29-31(38-23-27-17-9-3-10-18-27)30(37-22-26-15-7-2-8-16-26)28(24-36-21-25-13-5-1-6-14-25)39-32(29)33(35)19-11-4-12-20-33/h1-3,5-10,13-18,28-32,34-35H,4,11-12,19-24H2/t28-,29+,30-,31-,32+/m1/s1. The van der Waals surface area contributed by atoms with E-state index in [9.17, 15) is 10.2 Å². The first kappa shape index (κ1) is 28.0. The van der Waals surface area contributed by atoms with E-state index in [4.69, 9.17) is 18.9 Å². The molecule has 0 spiro atoms. The molecule has 39 heavy (non-hydrogen) atoms. The van der Waals surface area contributed by atoms with Crippen LogP contribution in [-0.2, 0) is 38.8 Å². The fourth-order valence-electron chi connectivity index (χ4n) is 5.75. The van der Waals surface area contributed by atoms with Crippen LogP contribution in [0.3, 0.4) is 0 Å². The van der Waals surface area contributed by atoms with E-state index < -0.39 is 36.1 Å². The molecule has 3 aromatic rings. The number of benzene rings is 3. The van der Waals surface area contributed by atoms with Crippen LogP contribution in [0.25, 0.3) is 0 Å². The molecule has 5 atom stereocenters. The van der Waals surface area contributed by atoms with Crippen molar-refractivity contribution in [2.24, 2.45) is 0 Å². The highest BCUT2D eigenvalue weighted by Crippen LogP contribution is 2.39. The van der Waals surface area contributed by atoms with E-state index in [2.05, 4.69) is 0 Å². The van der Waals surface area contributed by atoms with Crippen molar-refractivity contribution in [1.29, 1.82) is 0 Å². The van der Waals surface area contributed by atoms with Crippen molar-refractivity contribution in [1.82, 2.24) is 0 Å². The fraction of sp³-hybridized carbons (Fsp3) is 0.455. The Bertz CT molecular complexity index is 1100. The van der Waals surface area contributed by atoms with Gasteiger partial charge in [-0.2, -0.15) is 0 Å². The quantitative estimate of drug-likeness (QED) is 0.354. The van der Waals surface area contributed by atoms with Crippen molar-refractivity contribution in [2.75, 3.05) is 6.61 Å². The lowest BCUT2D eigenvalue weighted by Gasteiger charge is -2.50. The van der Waals surface area contributed by atoms with E-state index in [0.29, 0.717) is 32.7 Å². The highest BCUT2D eigenvalue weighted by molar-refractivity contribution is 5.16. The monoisotopic (exact) mass is 532 g/mol. The molecule has 6 heteroatoms. The fourth-order valence-corrected chi connectivity index (χ4v) is 5.75. The second kappa shape index (κ2) is 13.7. The van der Waals surface area contributed by atoms with Gasteiger partial charge in [-0.25, -0.2) is 0 Å². The SMILES string of the molecule is O[C@H]1[C@@H](OCc2ccccc2)[C@H](OCc2ccccc2)[C@@H](COCc2ccccc2)O[C@@H]1C1(O)CCCCC1. The molecule has 6 nitrogen and oxygen atoms in total. The van der Waals surface area contributed by atoms with Gasteiger partial charge in [0.15, 0.2) is 0 Å². The summed E-state index contributed by atoms with van der Waals surface area (Å²) in [6, 6.07) is 29.8. The summed E-state index contributed by atoms with van der Waals surface area (Å²) in [6.45, 7) is 1.34. The minimum atomic E-state index is -1.12. The van der Waals surface area contributed by atoms with Crippen LogP contribution < -0.4 is 0 Å². The third kappa shape index (κ3) is 7.34. The third-order valence-corrected chi connectivity index (χ3v) is 7.87. The van der Waals surface area contributed by atoms with E-state index in [1.165, 1.54) is 0 Å². The van der Waals surface area contributed by atoms with Crippen molar-refractivity contribution < 1.29 is 29.2 Å². The van der Waals surface area contributed by atoms with Gasteiger partial charge in [-0.1, -0.05) is 110 Å². The van der Waals surface area contributed by atoms with E-state index in [-0.39, 0.29) is 6.61 Å². The van der Waals surface area contributed by atoms with Gasteiger partial charge >= 0.3 is 0 Å². The molecule has 1 saturated carbocycles. The zero-order chi connectivity index (χ0) is 26.9. The van der Waals surface area contributed by atoms with Crippen molar-refractivity contribution in [3.8, 4) is 0 Å². The molecule has 0 bridgehead atoms. The molecule has 2 N–H and O–H groups in total. The Labute approximate surface area is 231 Å². The molecule has 1 aliphatic heterocycles. The zero-order valence-corrected chi connectivity index (χ0v) is 22.4. The van der Waals surface area contributed by atoms with Gasteiger partial charge in [-0.3, -0.25) is 0 Å². The van der Waals surface area contributed by atoms with Crippen molar-refractivity contribution >= 4 is 0 Å². The molecule has 1 aliphatic carbocycles. The van der Waals surface area contributed by atoms with Crippen LogP contribution in [0.5, 0.6) is 0 Å². The molecular formula is C33H40O6. The minimum Gasteiger partial charge on any atom is -0.387 e. The van der Waals surface area contributed by atoms with Gasteiger partial charge in [0.25, 0.3) is 0 Å². The average Bonchev–Trinajstić information content (AvgIpc) is 2.98. The summed E-state index contributed by atoms with van der Waals surface area (Å²) in [5.41, 5.74) is 1.97. The smallest absolute Gasteiger partial charge is 0.115 e. The lowest BCUT2D eigenvalue weighted by atomic mass is 9.76. The largest absolute Gasteiger partial charge is 0.387 e. The molecule has 3 aromatic carbocycles.